The summed E-state index contributed by atoms with van der Waals surface area (Å²) in [6, 6.07) is 25.5. The van der Waals surface area contributed by atoms with E-state index in [2.05, 4.69) is 76.5 Å². The first-order valence-corrected chi connectivity index (χ1v) is 11.0. The molecule has 3 aromatic rings. The standard InChI is InChI=1S/C27H28N2O/c30-27(23-10-11-26-24(19-23)18-22-8-4-5-9-25(22)26)12-13-28-14-16-29(17-15-28)20-21-6-2-1-3-7-21/h1-11,19H,12-18,20H2. The van der Waals surface area contributed by atoms with Crippen LogP contribution in [0.25, 0.3) is 11.1 Å². The zero-order chi connectivity index (χ0) is 20.3. The van der Waals surface area contributed by atoms with Crippen molar-refractivity contribution in [1.29, 1.82) is 0 Å². The molecule has 5 rings (SSSR count). The highest BCUT2D eigenvalue weighted by Crippen LogP contribution is 2.36. The number of ketones is 1. The SMILES string of the molecule is O=C(CCN1CCN(Cc2ccccc2)CC1)c1ccc2c(c1)Cc1ccccc1-2. The number of hydrogen-bond donors (Lipinski definition) is 0. The number of rotatable bonds is 6. The van der Waals surface area contributed by atoms with Gasteiger partial charge in [0.25, 0.3) is 0 Å². The summed E-state index contributed by atoms with van der Waals surface area (Å²) in [5, 5.41) is 0. The number of fused-ring (bicyclic) bond motifs is 3. The molecule has 2 aliphatic rings. The molecule has 1 heterocycles. The smallest absolute Gasteiger partial charge is 0.164 e. The topological polar surface area (TPSA) is 23.6 Å². The minimum atomic E-state index is 0.264. The van der Waals surface area contributed by atoms with Crippen LogP contribution < -0.4 is 0 Å². The first-order chi connectivity index (χ1) is 14.8. The Kier molecular flexibility index (Phi) is 5.48. The minimum absolute atomic E-state index is 0.264. The number of nitrogens with zero attached hydrogens (tertiary/aromatic N) is 2. The van der Waals surface area contributed by atoms with Gasteiger partial charge in [-0.25, -0.2) is 0 Å². The van der Waals surface area contributed by atoms with Crippen LogP contribution in [0.2, 0.25) is 0 Å². The summed E-state index contributed by atoms with van der Waals surface area (Å²) in [6.45, 7) is 6.10. The van der Waals surface area contributed by atoms with Gasteiger partial charge in [0.1, 0.15) is 0 Å². The predicted molar refractivity (Wildman–Crippen MR) is 122 cm³/mol. The number of benzene rings is 3. The molecule has 152 valence electrons. The largest absolute Gasteiger partial charge is 0.300 e. The van der Waals surface area contributed by atoms with Crippen molar-refractivity contribution < 1.29 is 4.79 Å². The van der Waals surface area contributed by atoms with Crippen molar-refractivity contribution in [2.75, 3.05) is 32.7 Å². The Morgan fingerprint density at radius 3 is 2.27 bits per heavy atom. The maximum absolute atomic E-state index is 12.8. The van der Waals surface area contributed by atoms with Crippen LogP contribution in [0.5, 0.6) is 0 Å². The van der Waals surface area contributed by atoms with Crippen LogP contribution in [0, 0.1) is 0 Å². The highest BCUT2D eigenvalue weighted by atomic mass is 16.1. The van der Waals surface area contributed by atoms with Crippen LogP contribution in [0.4, 0.5) is 0 Å². The Morgan fingerprint density at radius 2 is 1.43 bits per heavy atom. The van der Waals surface area contributed by atoms with E-state index in [9.17, 15) is 4.79 Å². The van der Waals surface area contributed by atoms with Gasteiger partial charge >= 0.3 is 0 Å². The Balaban J connectivity index is 1.13. The summed E-state index contributed by atoms with van der Waals surface area (Å²) in [5.74, 6) is 0.264. The third-order valence-electron chi connectivity index (χ3n) is 6.48. The Bertz CT molecular complexity index is 1040. The Hall–Kier alpha value is -2.75. The number of piperazine rings is 1. The Labute approximate surface area is 178 Å². The monoisotopic (exact) mass is 396 g/mol. The summed E-state index contributed by atoms with van der Waals surface area (Å²) in [4.78, 5) is 17.8. The van der Waals surface area contributed by atoms with Crippen molar-refractivity contribution in [3.63, 3.8) is 0 Å². The fourth-order valence-corrected chi connectivity index (χ4v) is 4.74. The lowest BCUT2D eigenvalue weighted by Crippen LogP contribution is -2.46. The van der Waals surface area contributed by atoms with Crippen LogP contribution in [-0.4, -0.2) is 48.3 Å². The molecule has 0 N–H and O–H groups in total. The molecule has 0 bridgehead atoms. The van der Waals surface area contributed by atoms with Gasteiger partial charge in [-0.3, -0.25) is 9.69 Å². The molecule has 30 heavy (non-hydrogen) atoms. The molecule has 3 heteroatoms. The fraction of sp³-hybridized carbons (Fsp3) is 0.296. The van der Waals surface area contributed by atoms with Gasteiger partial charge in [-0.15, -0.1) is 0 Å². The maximum atomic E-state index is 12.8. The van der Waals surface area contributed by atoms with E-state index in [0.29, 0.717) is 6.42 Å². The van der Waals surface area contributed by atoms with Gasteiger partial charge in [-0.1, -0.05) is 66.7 Å². The molecule has 0 spiro atoms. The van der Waals surface area contributed by atoms with Gasteiger partial charge in [-0.2, -0.15) is 0 Å². The van der Waals surface area contributed by atoms with E-state index in [-0.39, 0.29) is 5.78 Å². The minimum Gasteiger partial charge on any atom is -0.300 e. The van der Waals surface area contributed by atoms with Crippen LogP contribution >= 0.6 is 0 Å². The zero-order valence-electron chi connectivity index (χ0n) is 17.4. The molecular formula is C27H28N2O. The second-order valence-electron chi connectivity index (χ2n) is 8.48. The van der Waals surface area contributed by atoms with E-state index < -0.39 is 0 Å². The first-order valence-electron chi connectivity index (χ1n) is 11.0. The number of carbonyl (C=O) groups is 1. The van der Waals surface area contributed by atoms with Crippen LogP contribution in [0.3, 0.4) is 0 Å². The van der Waals surface area contributed by atoms with Gasteiger partial charge in [0.05, 0.1) is 0 Å². The second kappa shape index (κ2) is 8.55. The van der Waals surface area contributed by atoms with Crippen molar-refractivity contribution in [1.82, 2.24) is 9.80 Å². The molecule has 0 unspecified atom stereocenters. The van der Waals surface area contributed by atoms with Crippen molar-refractivity contribution in [2.45, 2.75) is 19.4 Å². The highest BCUT2D eigenvalue weighted by molar-refractivity contribution is 5.97. The lowest BCUT2D eigenvalue weighted by molar-refractivity contribution is 0.0922. The van der Waals surface area contributed by atoms with Crippen molar-refractivity contribution in [2.24, 2.45) is 0 Å². The third-order valence-corrected chi connectivity index (χ3v) is 6.48. The number of Topliss-reactive ketones (excluding diaryl/α,β-unsaturated/α-hetero) is 1. The van der Waals surface area contributed by atoms with E-state index >= 15 is 0 Å². The van der Waals surface area contributed by atoms with Gasteiger partial charge in [0.15, 0.2) is 5.78 Å². The average molecular weight is 397 g/mol. The quantitative estimate of drug-likeness (QED) is 0.443. The molecule has 1 aliphatic heterocycles. The first kappa shape index (κ1) is 19.2. The van der Waals surface area contributed by atoms with Crippen molar-refractivity contribution >= 4 is 5.78 Å². The summed E-state index contributed by atoms with van der Waals surface area (Å²) in [7, 11) is 0. The third kappa shape index (κ3) is 4.09. The molecule has 3 aromatic carbocycles. The lowest BCUT2D eigenvalue weighted by Gasteiger charge is -2.34. The second-order valence-corrected chi connectivity index (χ2v) is 8.48. The van der Waals surface area contributed by atoms with E-state index in [1.54, 1.807) is 0 Å². The molecule has 1 fully saturated rings. The zero-order valence-corrected chi connectivity index (χ0v) is 17.4. The molecule has 1 aliphatic carbocycles. The Morgan fingerprint density at radius 1 is 0.733 bits per heavy atom. The molecule has 0 amide bonds. The van der Waals surface area contributed by atoms with E-state index in [4.69, 9.17) is 0 Å². The van der Waals surface area contributed by atoms with Gasteiger partial charge in [-0.05, 0) is 40.3 Å². The van der Waals surface area contributed by atoms with E-state index in [0.717, 1.165) is 51.3 Å². The number of carbonyl (C=O) groups excluding carboxylic acids is 1. The summed E-state index contributed by atoms with van der Waals surface area (Å²) in [6.07, 6.45) is 1.54. The van der Waals surface area contributed by atoms with Gasteiger partial charge in [0, 0.05) is 51.3 Å². The lowest BCUT2D eigenvalue weighted by atomic mass is 10.0. The van der Waals surface area contributed by atoms with Crippen molar-refractivity contribution in [3.05, 3.63) is 95.1 Å². The molecule has 0 atom stereocenters. The fourth-order valence-electron chi connectivity index (χ4n) is 4.74. The van der Waals surface area contributed by atoms with Gasteiger partial charge < -0.3 is 4.90 Å². The van der Waals surface area contributed by atoms with Crippen LogP contribution in [-0.2, 0) is 13.0 Å². The summed E-state index contributed by atoms with van der Waals surface area (Å²) in [5.41, 5.74) is 7.50. The average Bonchev–Trinajstić information content (AvgIpc) is 3.17. The molecule has 3 nitrogen and oxygen atoms in total. The van der Waals surface area contributed by atoms with E-state index in [1.807, 2.05) is 6.07 Å². The van der Waals surface area contributed by atoms with E-state index in [1.165, 1.54) is 27.8 Å². The molecule has 0 radical (unpaired) electrons. The predicted octanol–water partition coefficient (Wildman–Crippen LogP) is 4.65. The van der Waals surface area contributed by atoms with Gasteiger partial charge in [0.2, 0.25) is 0 Å². The highest BCUT2D eigenvalue weighted by Gasteiger charge is 2.21. The van der Waals surface area contributed by atoms with Crippen LogP contribution in [0.15, 0.2) is 72.8 Å². The summed E-state index contributed by atoms with van der Waals surface area (Å²) >= 11 is 0. The maximum Gasteiger partial charge on any atom is 0.164 e. The molecule has 0 saturated carbocycles. The van der Waals surface area contributed by atoms with Crippen molar-refractivity contribution in [3.8, 4) is 11.1 Å². The molecule has 0 aromatic heterocycles. The summed E-state index contributed by atoms with van der Waals surface area (Å²) < 4.78 is 0. The normalized spacial score (nSPS) is 16.3. The van der Waals surface area contributed by atoms with Crippen LogP contribution in [0.1, 0.15) is 33.5 Å². The molecule has 1 saturated heterocycles. The molecular weight excluding hydrogens is 368 g/mol. The number of hydrogen-bond acceptors (Lipinski definition) is 3.